The summed E-state index contributed by atoms with van der Waals surface area (Å²) in [5.74, 6) is 0.190. The Balaban J connectivity index is 4.45. The highest BCUT2D eigenvalue weighted by Gasteiger charge is 2.24. The summed E-state index contributed by atoms with van der Waals surface area (Å²) in [7, 11) is 0. The zero-order valence-electron chi connectivity index (χ0n) is 11.1. The molecule has 0 aromatic rings. The summed E-state index contributed by atoms with van der Waals surface area (Å²) < 4.78 is 0. The summed E-state index contributed by atoms with van der Waals surface area (Å²) >= 11 is 0. The first-order valence-electron chi connectivity index (χ1n) is 5.83. The van der Waals surface area contributed by atoms with Gasteiger partial charge in [0.05, 0.1) is 0 Å². The Labute approximate surface area is 98.2 Å². The SMILES string of the molecule is CC(=O)NC(C(=O)NC(C)C(C)C)C(C)C. The Morgan fingerprint density at radius 3 is 1.69 bits per heavy atom. The standard InChI is InChI=1S/C12H24N2O2/c1-7(2)9(5)13-12(16)11(8(3)4)14-10(6)15/h7-9,11H,1-6H3,(H,13,16)(H,14,15). The van der Waals surface area contributed by atoms with E-state index in [1.807, 2.05) is 34.6 Å². The molecule has 0 aromatic heterocycles. The smallest absolute Gasteiger partial charge is 0.243 e. The molecule has 0 aliphatic carbocycles. The lowest BCUT2D eigenvalue weighted by molar-refractivity contribution is -0.129. The molecule has 94 valence electrons. The van der Waals surface area contributed by atoms with Crippen molar-refractivity contribution in [1.82, 2.24) is 10.6 Å². The van der Waals surface area contributed by atoms with E-state index in [4.69, 9.17) is 0 Å². The van der Waals surface area contributed by atoms with Crippen LogP contribution < -0.4 is 10.6 Å². The van der Waals surface area contributed by atoms with Gasteiger partial charge in [-0.25, -0.2) is 0 Å². The molecule has 0 bridgehead atoms. The third kappa shape index (κ3) is 5.14. The van der Waals surface area contributed by atoms with Crippen LogP contribution in [0.3, 0.4) is 0 Å². The average molecular weight is 228 g/mol. The number of carbonyl (C=O) groups is 2. The van der Waals surface area contributed by atoms with E-state index in [0.29, 0.717) is 5.92 Å². The van der Waals surface area contributed by atoms with Crippen LogP contribution in [0.5, 0.6) is 0 Å². The average Bonchev–Trinajstić information content (AvgIpc) is 2.12. The highest BCUT2D eigenvalue weighted by atomic mass is 16.2. The molecule has 0 aliphatic heterocycles. The lowest BCUT2D eigenvalue weighted by atomic mass is 10.0. The van der Waals surface area contributed by atoms with Gasteiger partial charge < -0.3 is 10.6 Å². The van der Waals surface area contributed by atoms with Crippen LogP contribution in [0.25, 0.3) is 0 Å². The molecule has 0 fully saturated rings. The van der Waals surface area contributed by atoms with Crippen molar-refractivity contribution in [3.05, 3.63) is 0 Å². The molecule has 0 rings (SSSR count). The van der Waals surface area contributed by atoms with Crippen LogP contribution >= 0.6 is 0 Å². The van der Waals surface area contributed by atoms with Crippen LogP contribution in [0.4, 0.5) is 0 Å². The normalized spacial score (nSPS) is 14.8. The second-order valence-corrected chi connectivity index (χ2v) is 4.96. The van der Waals surface area contributed by atoms with Crippen molar-refractivity contribution in [2.24, 2.45) is 11.8 Å². The van der Waals surface area contributed by atoms with Gasteiger partial charge in [0.1, 0.15) is 6.04 Å². The van der Waals surface area contributed by atoms with Gasteiger partial charge in [0.2, 0.25) is 11.8 Å². The van der Waals surface area contributed by atoms with Gasteiger partial charge >= 0.3 is 0 Å². The fourth-order valence-corrected chi connectivity index (χ4v) is 1.23. The molecule has 4 heteroatoms. The van der Waals surface area contributed by atoms with Gasteiger partial charge in [0.15, 0.2) is 0 Å². The fourth-order valence-electron chi connectivity index (χ4n) is 1.23. The first-order valence-corrected chi connectivity index (χ1v) is 5.83. The van der Waals surface area contributed by atoms with E-state index < -0.39 is 6.04 Å². The Kier molecular flexibility index (Phi) is 6.08. The maximum atomic E-state index is 11.9. The highest BCUT2D eigenvalue weighted by molar-refractivity contribution is 5.87. The highest BCUT2D eigenvalue weighted by Crippen LogP contribution is 2.05. The molecule has 0 radical (unpaired) electrons. The van der Waals surface area contributed by atoms with Crippen LogP contribution in [0.15, 0.2) is 0 Å². The maximum absolute atomic E-state index is 11.9. The second-order valence-electron chi connectivity index (χ2n) is 4.96. The Morgan fingerprint density at radius 2 is 1.38 bits per heavy atom. The molecular formula is C12H24N2O2. The third-order valence-electron chi connectivity index (χ3n) is 2.68. The first-order chi connectivity index (χ1) is 7.25. The maximum Gasteiger partial charge on any atom is 0.243 e. The number of nitrogens with one attached hydrogen (secondary N) is 2. The molecule has 16 heavy (non-hydrogen) atoms. The van der Waals surface area contributed by atoms with Crippen LogP contribution in [-0.4, -0.2) is 23.9 Å². The van der Waals surface area contributed by atoms with Crippen LogP contribution in [0, 0.1) is 11.8 Å². The fraction of sp³-hybridized carbons (Fsp3) is 0.833. The monoisotopic (exact) mass is 228 g/mol. The summed E-state index contributed by atoms with van der Waals surface area (Å²) in [5, 5.41) is 5.58. The molecule has 2 N–H and O–H groups in total. The van der Waals surface area contributed by atoms with Gasteiger partial charge in [-0.1, -0.05) is 27.7 Å². The van der Waals surface area contributed by atoms with E-state index >= 15 is 0 Å². The number of hydrogen-bond acceptors (Lipinski definition) is 2. The van der Waals surface area contributed by atoms with Gasteiger partial charge in [-0.05, 0) is 18.8 Å². The molecule has 0 saturated heterocycles. The van der Waals surface area contributed by atoms with Crippen molar-refractivity contribution < 1.29 is 9.59 Å². The van der Waals surface area contributed by atoms with E-state index in [-0.39, 0.29) is 23.8 Å². The van der Waals surface area contributed by atoms with Crippen molar-refractivity contribution in [3.63, 3.8) is 0 Å². The molecule has 0 spiro atoms. The zero-order valence-corrected chi connectivity index (χ0v) is 11.1. The first kappa shape index (κ1) is 14.9. The van der Waals surface area contributed by atoms with Gasteiger partial charge in [-0.3, -0.25) is 9.59 Å². The van der Waals surface area contributed by atoms with E-state index in [2.05, 4.69) is 10.6 Å². The summed E-state index contributed by atoms with van der Waals surface area (Å²) in [6.45, 7) is 11.3. The van der Waals surface area contributed by atoms with E-state index in [9.17, 15) is 9.59 Å². The minimum atomic E-state index is -0.446. The molecule has 0 aromatic carbocycles. The lowest BCUT2D eigenvalue weighted by Gasteiger charge is -2.25. The van der Waals surface area contributed by atoms with Gasteiger partial charge in [-0.15, -0.1) is 0 Å². The van der Waals surface area contributed by atoms with Gasteiger partial charge in [0, 0.05) is 13.0 Å². The summed E-state index contributed by atoms with van der Waals surface area (Å²) in [5.41, 5.74) is 0. The second kappa shape index (κ2) is 6.51. The Hall–Kier alpha value is -1.06. The Bertz CT molecular complexity index is 249. The third-order valence-corrected chi connectivity index (χ3v) is 2.68. The molecular weight excluding hydrogens is 204 g/mol. The molecule has 2 unspecified atom stereocenters. The molecule has 0 heterocycles. The van der Waals surface area contributed by atoms with E-state index in [1.165, 1.54) is 6.92 Å². The molecule has 0 aliphatic rings. The molecule has 2 amide bonds. The minimum Gasteiger partial charge on any atom is -0.352 e. The molecule has 0 saturated carbocycles. The van der Waals surface area contributed by atoms with Crippen LogP contribution in [0.1, 0.15) is 41.5 Å². The predicted octanol–water partition coefficient (Wildman–Crippen LogP) is 1.31. The van der Waals surface area contributed by atoms with Crippen LogP contribution in [-0.2, 0) is 9.59 Å². The number of amides is 2. The van der Waals surface area contributed by atoms with E-state index in [1.54, 1.807) is 0 Å². The molecule has 2 atom stereocenters. The van der Waals surface area contributed by atoms with Gasteiger partial charge in [0.25, 0.3) is 0 Å². The van der Waals surface area contributed by atoms with Gasteiger partial charge in [-0.2, -0.15) is 0 Å². The summed E-state index contributed by atoms with van der Waals surface area (Å²) in [6.07, 6.45) is 0. The minimum absolute atomic E-state index is 0.0864. The van der Waals surface area contributed by atoms with E-state index in [0.717, 1.165) is 0 Å². The Morgan fingerprint density at radius 1 is 0.875 bits per heavy atom. The summed E-state index contributed by atoms with van der Waals surface area (Å²) in [4.78, 5) is 22.9. The quantitative estimate of drug-likeness (QED) is 0.745. The van der Waals surface area contributed by atoms with Crippen molar-refractivity contribution in [2.45, 2.75) is 53.6 Å². The number of carbonyl (C=O) groups excluding carboxylic acids is 2. The van der Waals surface area contributed by atoms with Crippen molar-refractivity contribution in [2.75, 3.05) is 0 Å². The number of hydrogen-bond donors (Lipinski definition) is 2. The van der Waals surface area contributed by atoms with Crippen molar-refractivity contribution in [3.8, 4) is 0 Å². The van der Waals surface area contributed by atoms with Crippen molar-refractivity contribution >= 4 is 11.8 Å². The molecule has 4 nitrogen and oxygen atoms in total. The topological polar surface area (TPSA) is 58.2 Å². The van der Waals surface area contributed by atoms with Crippen molar-refractivity contribution in [1.29, 1.82) is 0 Å². The lowest BCUT2D eigenvalue weighted by Crippen LogP contribution is -2.52. The number of rotatable bonds is 5. The van der Waals surface area contributed by atoms with Crippen LogP contribution in [0.2, 0.25) is 0 Å². The predicted molar refractivity (Wildman–Crippen MR) is 64.9 cm³/mol. The summed E-state index contributed by atoms with van der Waals surface area (Å²) in [6, 6.07) is -0.332. The zero-order chi connectivity index (χ0) is 12.9. The largest absolute Gasteiger partial charge is 0.352 e.